The molecule has 0 bridgehead atoms. The highest BCUT2D eigenvalue weighted by atomic mass is 16.7. The van der Waals surface area contributed by atoms with Crippen LogP contribution in [0.3, 0.4) is 0 Å². The number of hydrogen-bond donors (Lipinski definition) is 1. The van der Waals surface area contributed by atoms with E-state index in [1.54, 1.807) is 12.1 Å². The molecule has 0 aromatic heterocycles. The minimum Gasteiger partial charge on any atom is -0.364 e. The number of nitrogens with one attached hydrogen (secondary N) is 1. The SMILES string of the molecule is O=C(ON(CCc1ccccc1)C[C@@H]1CCCN1)c1ccccc1. The number of benzene rings is 2. The van der Waals surface area contributed by atoms with Gasteiger partial charge in [-0.1, -0.05) is 48.5 Å². The van der Waals surface area contributed by atoms with Crippen LogP contribution in [0.2, 0.25) is 0 Å². The molecular weight excluding hydrogens is 300 g/mol. The van der Waals surface area contributed by atoms with Crippen molar-refractivity contribution in [2.24, 2.45) is 0 Å². The largest absolute Gasteiger partial charge is 0.364 e. The minimum absolute atomic E-state index is 0.290. The molecule has 2 aromatic carbocycles. The molecule has 1 heterocycles. The number of carbonyl (C=O) groups excluding carboxylic acids is 1. The van der Waals surface area contributed by atoms with Gasteiger partial charge in [0.1, 0.15) is 0 Å². The molecule has 0 amide bonds. The standard InChI is InChI=1S/C20H24N2O2/c23-20(18-10-5-2-6-11-18)24-22(16-19-12-7-14-21-19)15-13-17-8-3-1-4-9-17/h1-6,8-11,19,21H,7,12-16H2/t19-/m0/s1. The van der Waals surface area contributed by atoms with Crippen LogP contribution < -0.4 is 5.32 Å². The summed E-state index contributed by atoms with van der Waals surface area (Å²) in [6, 6.07) is 19.8. The molecule has 3 rings (SSSR count). The van der Waals surface area contributed by atoms with Gasteiger partial charge in [0.05, 0.1) is 12.1 Å². The Bertz CT molecular complexity index is 625. The number of rotatable bonds is 7. The first-order valence-electron chi connectivity index (χ1n) is 8.61. The predicted molar refractivity (Wildman–Crippen MR) is 94.6 cm³/mol. The summed E-state index contributed by atoms with van der Waals surface area (Å²) < 4.78 is 0. The van der Waals surface area contributed by atoms with E-state index in [0.717, 1.165) is 25.9 Å². The number of hydroxylamine groups is 2. The molecule has 126 valence electrons. The van der Waals surface area contributed by atoms with Crippen molar-refractivity contribution in [3.8, 4) is 0 Å². The highest BCUT2D eigenvalue weighted by Gasteiger charge is 2.21. The lowest BCUT2D eigenvalue weighted by atomic mass is 10.1. The quantitative estimate of drug-likeness (QED) is 0.795. The van der Waals surface area contributed by atoms with E-state index in [-0.39, 0.29) is 5.97 Å². The summed E-state index contributed by atoms with van der Waals surface area (Å²) >= 11 is 0. The van der Waals surface area contributed by atoms with Gasteiger partial charge >= 0.3 is 5.97 Å². The molecule has 4 nitrogen and oxygen atoms in total. The molecule has 0 aliphatic carbocycles. The van der Waals surface area contributed by atoms with Crippen LogP contribution in [-0.2, 0) is 11.3 Å². The second kappa shape index (κ2) is 8.62. The maximum Gasteiger partial charge on any atom is 0.357 e. The molecule has 0 saturated carbocycles. The molecule has 0 unspecified atom stereocenters. The minimum atomic E-state index is -0.290. The fourth-order valence-electron chi connectivity index (χ4n) is 2.98. The Hall–Kier alpha value is -2.17. The van der Waals surface area contributed by atoms with Crippen LogP contribution in [-0.4, -0.2) is 36.7 Å². The van der Waals surface area contributed by atoms with Crippen LogP contribution in [0.4, 0.5) is 0 Å². The third-order valence-corrected chi connectivity index (χ3v) is 4.30. The Morgan fingerprint density at radius 1 is 1.08 bits per heavy atom. The Balaban J connectivity index is 1.61. The second-order valence-corrected chi connectivity index (χ2v) is 6.16. The highest BCUT2D eigenvalue weighted by molar-refractivity contribution is 5.89. The molecule has 2 aromatic rings. The third-order valence-electron chi connectivity index (χ3n) is 4.30. The Labute approximate surface area is 143 Å². The van der Waals surface area contributed by atoms with Crippen molar-refractivity contribution >= 4 is 5.97 Å². The van der Waals surface area contributed by atoms with Gasteiger partial charge in [-0.25, -0.2) is 4.79 Å². The van der Waals surface area contributed by atoms with Crippen molar-refractivity contribution in [2.75, 3.05) is 19.6 Å². The van der Waals surface area contributed by atoms with E-state index in [4.69, 9.17) is 4.84 Å². The third kappa shape index (κ3) is 4.91. The van der Waals surface area contributed by atoms with E-state index in [1.807, 2.05) is 41.5 Å². The monoisotopic (exact) mass is 324 g/mol. The Morgan fingerprint density at radius 3 is 2.46 bits per heavy atom. The zero-order valence-electron chi connectivity index (χ0n) is 13.9. The summed E-state index contributed by atoms with van der Waals surface area (Å²) in [5.41, 5.74) is 1.83. The average Bonchev–Trinajstić information content (AvgIpc) is 3.14. The first-order valence-corrected chi connectivity index (χ1v) is 8.61. The van der Waals surface area contributed by atoms with Gasteiger partial charge in [0.15, 0.2) is 0 Å². The van der Waals surface area contributed by atoms with Crippen LogP contribution in [0, 0.1) is 0 Å². The number of nitrogens with zero attached hydrogens (tertiary/aromatic N) is 1. The van der Waals surface area contributed by atoms with E-state index in [9.17, 15) is 4.79 Å². The first kappa shape index (κ1) is 16.7. The van der Waals surface area contributed by atoms with E-state index < -0.39 is 0 Å². The van der Waals surface area contributed by atoms with Gasteiger partial charge in [-0.05, 0) is 43.5 Å². The lowest BCUT2D eigenvalue weighted by molar-refractivity contribution is -0.112. The zero-order valence-corrected chi connectivity index (χ0v) is 13.9. The Morgan fingerprint density at radius 2 is 1.79 bits per heavy atom. The van der Waals surface area contributed by atoms with E-state index in [1.165, 1.54) is 12.0 Å². The van der Waals surface area contributed by atoms with Gasteiger partial charge in [0.2, 0.25) is 0 Å². The van der Waals surface area contributed by atoms with Crippen molar-refractivity contribution in [1.82, 2.24) is 10.4 Å². The maximum absolute atomic E-state index is 12.4. The maximum atomic E-state index is 12.4. The molecule has 1 saturated heterocycles. The van der Waals surface area contributed by atoms with Crippen LogP contribution in [0.1, 0.15) is 28.8 Å². The molecule has 1 aliphatic heterocycles. The molecular formula is C20H24N2O2. The van der Waals surface area contributed by atoms with Gasteiger partial charge in [-0.2, -0.15) is 0 Å². The van der Waals surface area contributed by atoms with Gasteiger partial charge in [0, 0.05) is 12.6 Å². The topological polar surface area (TPSA) is 41.6 Å². The molecule has 4 heteroatoms. The smallest absolute Gasteiger partial charge is 0.357 e. The zero-order chi connectivity index (χ0) is 16.6. The fourth-order valence-corrected chi connectivity index (χ4v) is 2.98. The molecule has 1 aliphatic rings. The second-order valence-electron chi connectivity index (χ2n) is 6.16. The molecule has 0 spiro atoms. The summed E-state index contributed by atoms with van der Waals surface area (Å²) in [7, 11) is 0. The highest BCUT2D eigenvalue weighted by Crippen LogP contribution is 2.11. The van der Waals surface area contributed by atoms with Crippen LogP contribution in [0.25, 0.3) is 0 Å². The van der Waals surface area contributed by atoms with Gasteiger partial charge < -0.3 is 10.2 Å². The summed E-state index contributed by atoms with van der Waals surface area (Å²) in [5, 5.41) is 5.28. The van der Waals surface area contributed by atoms with E-state index in [2.05, 4.69) is 17.4 Å². The van der Waals surface area contributed by atoms with Crippen molar-refractivity contribution in [2.45, 2.75) is 25.3 Å². The van der Waals surface area contributed by atoms with Crippen LogP contribution in [0.5, 0.6) is 0 Å². The van der Waals surface area contributed by atoms with Crippen molar-refractivity contribution < 1.29 is 9.63 Å². The van der Waals surface area contributed by atoms with Gasteiger partial charge in [-0.15, -0.1) is 5.06 Å². The van der Waals surface area contributed by atoms with E-state index >= 15 is 0 Å². The molecule has 1 N–H and O–H groups in total. The number of hydrogen-bond acceptors (Lipinski definition) is 4. The molecule has 24 heavy (non-hydrogen) atoms. The summed E-state index contributed by atoms with van der Waals surface area (Å²) in [6.07, 6.45) is 3.17. The predicted octanol–water partition coefficient (Wildman–Crippen LogP) is 3.06. The van der Waals surface area contributed by atoms with Crippen LogP contribution >= 0.6 is 0 Å². The first-order chi connectivity index (χ1) is 11.8. The van der Waals surface area contributed by atoms with E-state index in [0.29, 0.717) is 18.2 Å². The van der Waals surface area contributed by atoms with Crippen molar-refractivity contribution in [1.29, 1.82) is 0 Å². The normalized spacial score (nSPS) is 17.1. The lowest BCUT2D eigenvalue weighted by Gasteiger charge is -2.24. The molecule has 1 atom stereocenters. The number of carbonyl (C=O) groups is 1. The molecule has 1 fully saturated rings. The van der Waals surface area contributed by atoms with Gasteiger partial charge in [-0.3, -0.25) is 0 Å². The summed E-state index contributed by atoms with van der Waals surface area (Å²) in [6.45, 7) is 2.47. The Kier molecular flexibility index (Phi) is 5.99. The fraction of sp³-hybridized carbons (Fsp3) is 0.350. The average molecular weight is 324 g/mol. The van der Waals surface area contributed by atoms with Crippen molar-refractivity contribution in [3.63, 3.8) is 0 Å². The van der Waals surface area contributed by atoms with Crippen LogP contribution in [0.15, 0.2) is 60.7 Å². The summed E-state index contributed by atoms with van der Waals surface area (Å²) in [4.78, 5) is 18.0. The summed E-state index contributed by atoms with van der Waals surface area (Å²) in [5.74, 6) is -0.290. The van der Waals surface area contributed by atoms with Gasteiger partial charge in [0.25, 0.3) is 0 Å². The molecule has 0 radical (unpaired) electrons. The lowest BCUT2D eigenvalue weighted by Crippen LogP contribution is -2.39. The van der Waals surface area contributed by atoms with Crippen molar-refractivity contribution in [3.05, 3.63) is 71.8 Å².